The van der Waals surface area contributed by atoms with E-state index in [-0.39, 0.29) is 18.1 Å². The number of rotatable bonds is 5. The number of Topliss-reactive ketones (excluding diaryl/α,β-unsaturated/α-hetero) is 1. The van der Waals surface area contributed by atoms with Gasteiger partial charge in [-0.15, -0.1) is 0 Å². The van der Waals surface area contributed by atoms with E-state index in [1.165, 1.54) is 0 Å². The molecule has 3 heteroatoms. The van der Waals surface area contributed by atoms with E-state index in [2.05, 4.69) is 0 Å². The molecule has 0 saturated carbocycles. The lowest BCUT2D eigenvalue weighted by Crippen LogP contribution is -2.08. The third-order valence-corrected chi connectivity index (χ3v) is 1.93. The van der Waals surface area contributed by atoms with E-state index in [0.29, 0.717) is 12.8 Å². The molecule has 13 heavy (non-hydrogen) atoms. The summed E-state index contributed by atoms with van der Waals surface area (Å²) in [6.45, 7) is 0. The van der Waals surface area contributed by atoms with Gasteiger partial charge >= 0.3 is 5.97 Å². The number of allylic oxidation sites excluding steroid dienone is 4. The summed E-state index contributed by atoms with van der Waals surface area (Å²) in [7, 11) is 0. The van der Waals surface area contributed by atoms with Gasteiger partial charge in [-0.3, -0.25) is 9.59 Å². The summed E-state index contributed by atoms with van der Waals surface area (Å²) in [5.41, 5.74) is 0. The van der Waals surface area contributed by atoms with Gasteiger partial charge < -0.3 is 5.11 Å². The number of hydrogen-bond acceptors (Lipinski definition) is 2. The second-order valence-electron chi connectivity index (χ2n) is 3.01. The third kappa shape index (κ3) is 3.23. The Labute approximate surface area is 76.8 Å². The number of carbonyl (C=O) groups excluding carboxylic acids is 1. The molecule has 0 aromatic heterocycles. The van der Waals surface area contributed by atoms with E-state index in [1.807, 2.05) is 24.3 Å². The van der Waals surface area contributed by atoms with Gasteiger partial charge in [0.15, 0.2) is 0 Å². The fourth-order valence-electron chi connectivity index (χ4n) is 1.23. The monoisotopic (exact) mass is 180 g/mol. The molecule has 0 bridgehead atoms. The van der Waals surface area contributed by atoms with Crippen molar-refractivity contribution in [2.45, 2.75) is 19.3 Å². The zero-order valence-corrected chi connectivity index (χ0v) is 7.27. The predicted octanol–water partition coefficient (Wildman–Crippen LogP) is 1.55. The molecule has 0 fully saturated rings. The van der Waals surface area contributed by atoms with E-state index >= 15 is 0 Å². The summed E-state index contributed by atoms with van der Waals surface area (Å²) in [6, 6.07) is 0. The first-order valence-corrected chi connectivity index (χ1v) is 4.29. The maximum absolute atomic E-state index is 11.3. The number of ketones is 1. The molecule has 0 heterocycles. The lowest BCUT2D eigenvalue weighted by molar-refractivity contribution is -0.137. The molecule has 1 aliphatic rings. The molecular weight excluding hydrogens is 168 g/mol. The van der Waals surface area contributed by atoms with Crippen LogP contribution in [0.4, 0.5) is 0 Å². The minimum absolute atomic E-state index is 0.0753. The fraction of sp³-hybridized carbons (Fsp3) is 0.400. The van der Waals surface area contributed by atoms with Crippen LogP contribution in [0.25, 0.3) is 0 Å². The van der Waals surface area contributed by atoms with Crippen LogP contribution in [0.1, 0.15) is 19.3 Å². The molecule has 0 amide bonds. The van der Waals surface area contributed by atoms with Crippen molar-refractivity contribution in [2.75, 3.05) is 0 Å². The van der Waals surface area contributed by atoms with Gasteiger partial charge in [0.2, 0.25) is 0 Å². The second-order valence-corrected chi connectivity index (χ2v) is 3.01. The summed E-state index contributed by atoms with van der Waals surface area (Å²) >= 11 is 0. The van der Waals surface area contributed by atoms with E-state index in [0.717, 1.165) is 0 Å². The highest BCUT2D eigenvalue weighted by molar-refractivity contribution is 5.85. The van der Waals surface area contributed by atoms with Crippen LogP contribution in [0.3, 0.4) is 0 Å². The van der Waals surface area contributed by atoms with Gasteiger partial charge in [-0.05, 0) is 6.42 Å². The molecule has 0 aromatic rings. The summed E-state index contributed by atoms with van der Waals surface area (Å²) < 4.78 is 0. The Bertz CT molecular complexity index is 251. The van der Waals surface area contributed by atoms with Gasteiger partial charge in [-0.2, -0.15) is 0 Å². The molecular formula is C10H12O3. The molecule has 0 spiro atoms. The lowest BCUT2D eigenvalue weighted by Gasteiger charge is -2.02. The molecule has 1 N–H and O–H groups in total. The SMILES string of the molecule is O=C(O)CCCC(=O)C1C=CC=C1. The Balaban J connectivity index is 2.22. The predicted molar refractivity (Wildman–Crippen MR) is 48.3 cm³/mol. The Hall–Kier alpha value is -1.38. The van der Waals surface area contributed by atoms with Crippen molar-refractivity contribution < 1.29 is 14.7 Å². The first kappa shape index (κ1) is 9.71. The fourth-order valence-corrected chi connectivity index (χ4v) is 1.23. The normalized spacial score (nSPS) is 15.1. The van der Waals surface area contributed by atoms with Gasteiger partial charge in [-0.1, -0.05) is 24.3 Å². The summed E-state index contributed by atoms with van der Waals surface area (Å²) in [5.74, 6) is -0.856. The molecule has 0 radical (unpaired) electrons. The number of carboxylic acid groups (broad SMARTS) is 1. The van der Waals surface area contributed by atoms with Crippen molar-refractivity contribution in [1.29, 1.82) is 0 Å². The van der Waals surface area contributed by atoms with Crippen LogP contribution in [0.15, 0.2) is 24.3 Å². The minimum atomic E-state index is -0.842. The first-order chi connectivity index (χ1) is 6.20. The first-order valence-electron chi connectivity index (χ1n) is 4.29. The molecule has 1 rings (SSSR count). The van der Waals surface area contributed by atoms with E-state index in [4.69, 9.17) is 5.11 Å². The van der Waals surface area contributed by atoms with Crippen molar-refractivity contribution in [3.8, 4) is 0 Å². The lowest BCUT2D eigenvalue weighted by atomic mass is 10.0. The van der Waals surface area contributed by atoms with Crippen molar-refractivity contribution in [1.82, 2.24) is 0 Å². The Morgan fingerprint density at radius 2 is 1.77 bits per heavy atom. The van der Waals surface area contributed by atoms with E-state index in [1.54, 1.807) is 0 Å². The van der Waals surface area contributed by atoms with Crippen LogP contribution >= 0.6 is 0 Å². The van der Waals surface area contributed by atoms with Crippen LogP contribution in [-0.2, 0) is 9.59 Å². The second kappa shape index (κ2) is 4.60. The molecule has 1 aliphatic carbocycles. The highest BCUT2D eigenvalue weighted by Gasteiger charge is 2.13. The molecule has 0 atom stereocenters. The average molecular weight is 180 g/mol. The maximum atomic E-state index is 11.3. The van der Waals surface area contributed by atoms with Crippen LogP contribution in [0.5, 0.6) is 0 Å². The molecule has 3 nitrogen and oxygen atoms in total. The zero-order chi connectivity index (χ0) is 9.68. The van der Waals surface area contributed by atoms with Gasteiger partial charge in [0, 0.05) is 12.8 Å². The quantitative estimate of drug-likeness (QED) is 0.698. The van der Waals surface area contributed by atoms with E-state index < -0.39 is 5.97 Å². The number of hydrogen-bond donors (Lipinski definition) is 1. The number of aliphatic carboxylic acids is 1. The Morgan fingerprint density at radius 3 is 2.31 bits per heavy atom. The highest BCUT2D eigenvalue weighted by Crippen LogP contribution is 2.13. The molecule has 70 valence electrons. The highest BCUT2D eigenvalue weighted by atomic mass is 16.4. The average Bonchev–Trinajstić information content (AvgIpc) is 2.55. The largest absolute Gasteiger partial charge is 0.481 e. The molecule has 0 saturated heterocycles. The molecule has 0 unspecified atom stereocenters. The topological polar surface area (TPSA) is 54.4 Å². The Kier molecular flexibility index (Phi) is 3.43. The smallest absolute Gasteiger partial charge is 0.303 e. The van der Waals surface area contributed by atoms with Gasteiger partial charge in [0.05, 0.1) is 5.92 Å². The summed E-state index contributed by atoms with van der Waals surface area (Å²) in [5, 5.41) is 8.35. The number of carbonyl (C=O) groups is 2. The Morgan fingerprint density at radius 1 is 1.15 bits per heavy atom. The summed E-state index contributed by atoms with van der Waals surface area (Å²) in [4.78, 5) is 21.5. The van der Waals surface area contributed by atoms with Crippen molar-refractivity contribution in [3.05, 3.63) is 24.3 Å². The van der Waals surface area contributed by atoms with Gasteiger partial charge in [0.1, 0.15) is 5.78 Å². The van der Waals surface area contributed by atoms with Crippen LogP contribution < -0.4 is 0 Å². The van der Waals surface area contributed by atoms with Crippen molar-refractivity contribution in [3.63, 3.8) is 0 Å². The molecule has 0 aromatic carbocycles. The zero-order valence-electron chi connectivity index (χ0n) is 7.27. The molecule has 0 aliphatic heterocycles. The minimum Gasteiger partial charge on any atom is -0.481 e. The van der Waals surface area contributed by atoms with Crippen LogP contribution in [-0.4, -0.2) is 16.9 Å². The standard InChI is InChI=1S/C10H12O3/c11-9(6-3-7-10(12)13)8-4-1-2-5-8/h1-2,4-5,8H,3,6-7H2,(H,12,13). The van der Waals surface area contributed by atoms with Gasteiger partial charge in [-0.25, -0.2) is 0 Å². The maximum Gasteiger partial charge on any atom is 0.303 e. The van der Waals surface area contributed by atoms with Crippen molar-refractivity contribution >= 4 is 11.8 Å². The van der Waals surface area contributed by atoms with Crippen LogP contribution in [0, 0.1) is 5.92 Å². The van der Waals surface area contributed by atoms with Crippen molar-refractivity contribution in [2.24, 2.45) is 5.92 Å². The third-order valence-electron chi connectivity index (χ3n) is 1.93. The van der Waals surface area contributed by atoms with Gasteiger partial charge in [0.25, 0.3) is 0 Å². The van der Waals surface area contributed by atoms with Crippen LogP contribution in [0.2, 0.25) is 0 Å². The number of carboxylic acids is 1. The van der Waals surface area contributed by atoms with E-state index in [9.17, 15) is 9.59 Å². The summed E-state index contributed by atoms with van der Waals surface area (Å²) in [6.07, 6.45) is 8.18.